The predicted octanol–water partition coefficient (Wildman–Crippen LogP) is 5.09. The molecular formula is C29H27NO3. The normalized spacial score (nSPS) is 19.5. The Morgan fingerprint density at radius 2 is 1.67 bits per heavy atom. The number of para-hydroxylation sites is 1. The Morgan fingerprint density at radius 3 is 2.48 bits per heavy atom. The molecule has 1 aliphatic carbocycles. The summed E-state index contributed by atoms with van der Waals surface area (Å²) >= 11 is 0. The van der Waals surface area contributed by atoms with Crippen molar-refractivity contribution in [3.05, 3.63) is 107 Å². The number of hydrogen-bond acceptors (Lipinski definition) is 3. The second kappa shape index (κ2) is 8.80. The highest BCUT2D eigenvalue weighted by molar-refractivity contribution is 6.11. The lowest BCUT2D eigenvalue weighted by Crippen LogP contribution is -2.42. The maximum atomic E-state index is 13.4. The first-order valence-corrected chi connectivity index (χ1v) is 11.6. The molecule has 0 fully saturated rings. The van der Waals surface area contributed by atoms with Crippen LogP contribution in [0, 0.1) is 0 Å². The minimum absolute atomic E-state index is 0.212. The summed E-state index contributed by atoms with van der Waals surface area (Å²) in [6.45, 7) is 0.320. The third-order valence-corrected chi connectivity index (χ3v) is 6.72. The summed E-state index contributed by atoms with van der Waals surface area (Å²) in [5, 5.41) is 11.5. The molecule has 5 rings (SSSR count). The van der Waals surface area contributed by atoms with E-state index in [0.717, 1.165) is 24.8 Å². The van der Waals surface area contributed by atoms with Gasteiger partial charge in [-0.3, -0.25) is 9.59 Å². The van der Waals surface area contributed by atoms with Gasteiger partial charge in [0.2, 0.25) is 0 Å². The summed E-state index contributed by atoms with van der Waals surface area (Å²) in [6.07, 6.45) is 7.92. The largest absolute Gasteiger partial charge is 0.375 e. The van der Waals surface area contributed by atoms with E-state index >= 15 is 0 Å². The van der Waals surface area contributed by atoms with E-state index in [0.29, 0.717) is 23.4 Å². The first kappa shape index (κ1) is 21.4. The third-order valence-electron chi connectivity index (χ3n) is 6.72. The van der Waals surface area contributed by atoms with E-state index in [4.69, 9.17) is 0 Å². The molecule has 166 valence electrons. The van der Waals surface area contributed by atoms with Crippen LogP contribution in [0.3, 0.4) is 0 Å². The number of nitrogens with zero attached hydrogens (tertiary/aromatic N) is 1. The Labute approximate surface area is 194 Å². The topological polar surface area (TPSA) is 57.6 Å². The Balaban J connectivity index is 1.39. The van der Waals surface area contributed by atoms with Crippen LogP contribution in [0.15, 0.2) is 78.9 Å². The van der Waals surface area contributed by atoms with Gasteiger partial charge >= 0.3 is 0 Å². The lowest BCUT2D eigenvalue weighted by Gasteiger charge is -2.23. The third kappa shape index (κ3) is 4.03. The van der Waals surface area contributed by atoms with Crippen LogP contribution in [0.5, 0.6) is 0 Å². The zero-order valence-corrected chi connectivity index (χ0v) is 18.5. The Bertz CT molecular complexity index is 1230. The lowest BCUT2D eigenvalue weighted by atomic mass is 9.85. The minimum Gasteiger partial charge on any atom is -0.375 e. The fourth-order valence-corrected chi connectivity index (χ4v) is 4.96. The molecule has 33 heavy (non-hydrogen) atoms. The summed E-state index contributed by atoms with van der Waals surface area (Å²) in [6, 6.07) is 22.9. The zero-order chi connectivity index (χ0) is 22.8. The van der Waals surface area contributed by atoms with Crippen LogP contribution >= 0.6 is 0 Å². The molecule has 0 spiro atoms. The van der Waals surface area contributed by atoms with Gasteiger partial charge in [0.05, 0.1) is 12.1 Å². The number of rotatable bonds is 6. The number of ketones is 1. The van der Waals surface area contributed by atoms with Gasteiger partial charge in [-0.2, -0.15) is 0 Å². The van der Waals surface area contributed by atoms with Gasteiger partial charge in [0.1, 0.15) is 0 Å². The van der Waals surface area contributed by atoms with Gasteiger partial charge in [0.25, 0.3) is 5.91 Å². The maximum Gasteiger partial charge on any atom is 0.264 e. The highest BCUT2D eigenvalue weighted by Crippen LogP contribution is 2.43. The van der Waals surface area contributed by atoms with Crippen molar-refractivity contribution in [1.29, 1.82) is 0 Å². The molecule has 4 nitrogen and oxygen atoms in total. The van der Waals surface area contributed by atoms with E-state index in [1.165, 1.54) is 17.5 Å². The molecular weight excluding hydrogens is 410 g/mol. The van der Waals surface area contributed by atoms with Crippen molar-refractivity contribution in [2.24, 2.45) is 0 Å². The van der Waals surface area contributed by atoms with Gasteiger partial charge in [0, 0.05) is 17.7 Å². The molecule has 0 saturated heterocycles. The number of carbonyl (C=O) groups is 2. The molecule has 0 bridgehead atoms. The van der Waals surface area contributed by atoms with Crippen LogP contribution in [0.1, 0.15) is 51.9 Å². The fraction of sp³-hybridized carbons (Fsp3) is 0.241. The number of fused-ring (bicyclic) bond motifs is 2. The van der Waals surface area contributed by atoms with Crippen molar-refractivity contribution in [3.8, 4) is 0 Å². The number of benzene rings is 3. The average molecular weight is 438 g/mol. The van der Waals surface area contributed by atoms with Gasteiger partial charge in [-0.05, 0) is 54.5 Å². The monoisotopic (exact) mass is 437 g/mol. The SMILES string of the molecule is O=C(CC1(O)C(=O)N(C/C=C/c2ccccc2)c2ccccc21)c1ccc2c(c1)CCCC2. The molecule has 3 aromatic carbocycles. The molecule has 3 aromatic rings. The summed E-state index contributed by atoms with van der Waals surface area (Å²) < 4.78 is 0. The van der Waals surface area contributed by atoms with Gasteiger partial charge in [0.15, 0.2) is 11.4 Å². The summed E-state index contributed by atoms with van der Waals surface area (Å²) in [4.78, 5) is 28.2. The quantitative estimate of drug-likeness (QED) is 0.547. The number of Topliss-reactive ketones (excluding diaryl/α,β-unsaturated/α-hetero) is 1. The number of aliphatic hydroxyl groups is 1. The molecule has 1 unspecified atom stereocenters. The number of amides is 1. The van der Waals surface area contributed by atoms with Crippen molar-refractivity contribution in [1.82, 2.24) is 0 Å². The van der Waals surface area contributed by atoms with Gasteiger partial charge in [-0.15, -0.1) is 0 Å². The van der Waals surface area contributed by atoms with Gasteiger partial charge < -0.3 is 10.0 Å². The molecule has 2 aliphatic rings. The van der Waals surface area contributed by atoms with Gasteiger partial charge in [-0.25, -0.2) is 0 Å². The van der Waals surface area contributed by atoms with Crippen molar-refractivity contribution in [2.45, 2.75) is 37.7 Å². The van der Waals surface area contributed by atoms with E-state index in [1.54, 1.807) is 17.0 Å². The second-order valence-electron chi connectivity index (χ2n) is 8.90. The first-order valence-electron chi connectivity index (χ1n) is 11.6. The maximum absolute atomic E-state index is 13.4. The first-order chi connectivity index (χ1) is 16.1. The molecule has 4 heteroatoms. The highest BCUT2D eigenvalue weighted by atomic mass is 16.3. The molecule has 1 heterocycles. The predicted molar refractivity (Wildman–Crippen MR) is 130 cm³/mol. The minimum atomic E-state index is -1.86. The lowest BCUT2D eigenvalue weighted by molar-refractivity contribution is -0.135. The van der Waals surface area contributed by atoms with Crippen LogP contribution in [-0.4, -0.2) is 23.3 Å². The molecule has 1 aliphatic heterocycles. The Morgan fingerprint density at radius 1 is 0.939 bits per heavy atom. The molecule has 1 amide bonds. The Hall–Kier alpha value is -3.50. The van der Waals surface area contributed by atoms with Crippen molar-refractivity contribution >= 4 is 23.5 Å². The molecule has 1 atom stereocenters. The van der Waals surface area contributed by atoms with Crippen molar-refractivity contribution < 1.29 is 14.7 Å². The van der Waals surface area contributed by atoms with E-state index in [9.17, 15) is 14.7 Å². The molecule has 0 aromatic heterocycles. The van der Waals surface area contributed by atoms with Crippen LogP contribution in [-0.2, 0) is 23.2 Å². The van der Waals surface area contributed by atoms with Crippen LogP contribution in [0.25, 0.3) is 6.08 Å². The van der Waals surface area contributed by atoms with Gasteiger partial charge in [-0.1, -0.05) is 72.8 Å². The van der Waals surface area contributed by atoms with Crippen LogP contribution in [0.2, 0.25) is 0 Å². The standard InChI is InChI=1S/C29H27NO3/c31-27(24-17-16-22-12-4-5-13-23(22)19-24)20-29(33)25-14-6-7-15-26(25)30(28(29)32)18-8-11-21-9-2-1-3-10-21/h1-3,6-11,14-17,19,33H,4-5,12-13,18,20H2/b11-8+. The molecule has 1 N–H and O–H groups in total. The Kier molecular flexibility index (Phi) is 5.69. The number of aryl methyl sites for hydroxylation is 2. The second-order valence-corrected chi connectivity index (χ2v) is 8.90. The van der Waals surface area contributed by atoms with E-state index in [1.807, 2.05) is 72.8 Å². The average Bonchev–Trinajstić information content (AvgIpc) is 3.06. The molecule has 0 saturated carbocycles. The summed E-state index contributed by atoms with van der Waals surface area (Å²) in [5.74, 6) is -0.663. The number of anilines is 1. The fourth-order valence-electron chi connectivity index (χ4n) is 4.96. The van der Waals surface area contributed by atoms with Crippen LogP contribution in [0.4, 0.5) is 5.69 Å². The highest BCUT2D eigenvalue weighted by Gasteiger charge is 2.50. The number of hydrogen-bond donors (Lipinski definition) is 1. The molecule has 0 radical (unpaired) electrons. The number of carbonyl (C=O) groups excluding carboxylic acids is 2. The van der Waals surface area contributed by atoms with E-state index < -0.39 is 11.5 Å². The van der Waals surface area contributed by atoms with Crippen LogP contribution < -0.4 is 4.90 Å². The van der Waals surface area contributed by atoms with Crippen molar-refractivity contribution in [2.75, 3.05) is 11.4 Å². The zero-order valence-electron chi connectivity index (χ0n) is 18.5. The summed E-state index contributed by atoms with van der Waals surface area (Å²) in [5.41, 5.74) is 3.41. The summed E-state index contributed by atoms with van der Waals surface area (Å²) in [7, 11) is 0. The van der Waals surface area contributed by atoms with E-state index in [2.05, 4.69) is 0 Å². The smallest absolute Gasteiger partial charge is 0.264 e. The van der Waals surface area contributed by atoms with E-state index in [-0.39, 0.29) is 12.2 Å². The van der Waals surface area contributed by atoms with Crippen molar-refractivity contribution in [3.63, 3.8) is 0 Å².